The van der Waals surface area contributed by atoms with E-state index < -0.39 is 5.91 Å². The number of hydrogen-bond donors (Lipinski definition) is 3. The van der Waals surface area contributed by atoms with E-state index in [1.807, 2.05) is 24.3 Å². The Labute approximate surface area is 134 Å². The number of methoxy groups -OCH3 is 1. The zero-order chi connectivity index (χ0) is 16.7. The molecular weight excluding hydrogens is 296 g/mol. The molecular formula is C17H20N2O4. The van der Waals surface area contributed by atoms with E-state index in [0.29, 0.717) is 30.9 Å². The molecule has 0 fully saturated rings. The lowest BCUT2D eigenvalue weighted by Gasteiger charge is -2.13. The fourth-order valence-electron chi connectivity index (χ4n) is 2.17. The van der Waals surface area contributed by atoms with Gasteiger partial charge in [0.15, 0.2) is 0 Å². The summed E-state index contributed by atoms with van der Waals surface area (Å²) in [6.07, 6.45) is 0.644. The van der Waals surface area contributed by atoms with Crippen LogP contribution in [0.1, 0.15) is 21.5 Å². The van der Waals surface area contributed by atoms with Gasteiger partial charge in [0.2, 0.25) is 0 Å². The van der Waals surface area contributed by atoms with Crippen molar-refractivity contribution >= 4 is 5.91 Å². The molecule has 0 spiro atoms. The summed E-state index contributed by atoms with van der Waals surface area (Å²) < 4.78 is 10.8. The molecule has 0 heterocycles. The first-order valence-corrected chi connectivity index (χ1v) is 7.21. The summed E-state index contributed by atoms with van der Waals surface area (Å²) in [5.41, 5.74) is 9.42. The van der Waals surface area contributed by atoms with E-state index in [-0.39, 0.29) is 0 Å². The largest absolute Gasteiger partial charge is 0.497 e. The van der Waals surface area contributed by atoms with Crippen LogP contribution in [0.5, 0.6) is 11.5 Å². The molecule has 0 aliphatic heterocycles. The molecule has 6 nitrogen and oxygen atoms in total. The van der Waals surface area contributed by atoms with Crippen molar-refractivity contribution in [2.45, 2.75) is 6.42 Å². The van der Waals surface area contributed by atoms with Crippen molar-refractivity contribution in [3.8, 4) is 11.5 Å². The van der Waals surface area contributed by atoms with E-state index in [9.17, 15) is 4.79 Å². The molecule has 4 N–H and O–H groups in total. The number of hydroxylamine groups is 1. The maximum Gasteiger partial charge on any atom is 0.274 e. The van der Waals surface area contributed by atoms with E-state index in [1.165, 1.54) is 0 Å². The molecule has 2 aromatic rings. The lowest BCUT2D eigenvalue weighted by molar-refractivity contribution is 0.0706. The van der Waals surface area contributed by atoms with Crippen LogP contribution in [0, 0.1) is 0 Å². The Balaban J connectivity index is 2.25. The SMILES string of the molecule is COc1ccc(Cc2ccc(C(=O)NO)cc2OCCN)cc1. The van der Waals surface area contributed by atoms with Crippen LogP contribution >= 0.6 is 0 Å². The van der Waals surface area contributed by atoms with Gasteiger partial charge in [0.25, 0.3) is 5.91 Å². The van der Waals surface area contributed by atoms with Crippen LogP contribution in [0.25, 0.3) is 0 Å². The predicted octanol–water partition coefficient (Wildman–Crippen LogP) is 1.74. The third kappa shape index (κ3) is 4.45. The van der Waals surface area contributed by atoms with Gasteiger partial charge in [-0.3, -0.25) is 10.0 Å². The molecule has 2 rings (SSSR count). The molecule has 0 aliphatic carbocycles. The number of amides is 1. The zero-order valence-corrected chi connectivity index (χ0v) is 12.9. The molecule has 0 aliphatic rings. The molecule has 23 heavy (non-hydrogen) atoms. The highest BCUT2D eigenvalue weighted by molar-refractivity contribution is 5.93. The predicted molar refractivity (Wildman–Crippen MR) is 86.0 cm³/mol. The van der Waals surface area contributed by atoms with Gasteiger partial charge in [-0.05, 0) is 35.4 Å². The zero-order valence-electron chi connectivity index (χ0n) is 12.9. The lowest BCUT2D eigenvalue weighted by atomic mass is 10.0. The molecule has 1 amide bonds. The molecule has 122 valence electrons. The second-order valence-corrected chi connectivity index (χ2v) is 4.93. The van der Waals surface area contributed by atoms with Crippen LogP contribution in [-0.2, 0) is 6.42 Å². The molecule has 0 unspecified atom stereocenters. The van der Waals surface area contributed by atoms with Gasteiger partial charge in [-0.25, -0.2) is 5.48 Å². The molecule has 0 bridgehead atoms. The monoisotopic (exact) mass is 316 g/mol. The quantitative estimate of drug-likeness (QED) is 0.534. The minimum atomic E-state index is -0.585. The number of rotatable bonds is 7. The van der Waals surface area contributed by atoms with Crippen molar-refractivity contribution in [3.63, 3.8) is 0 Å². The Morgan fingerprint density at radius 3 is 2.57 bits per heavy atom. The maximum absolute atomic E-state index is 11.5. The van der Waals surface area contributed by atoms with Crippen LogP contribution < -0.4 is 20.7 Å². The van der Waals surface area contributed by atoms with Crippen molar-refractivity contribution in [1.29, 1.82) is 0 Å². The highest BCUT2D eigenvalue weighted by Gasteiger charge is 2.11. The second kappa shape index (κ2) is 8.17. The highest BCUT2D eigenvalue weighted by Crippen LogP contribution is 2.24. The lowest BCUT2D eigenvalue weighted by Crippen LogP contribution is -2.19. The van der Waals surface area contributed by atoms with Crippen LogP contribution in [-0.4, -0.2) is 31.4 Å². The topological polar surface area (TPSA) is 93.8 Å². The van der Waals surface area contributed by atoms with Gasteiger partial charge < -0.3 is 15.2 Å². The third-order valence-electron chi connectivity index (χ3n) is 3.36. The summed E-state index contributed by atoms with van der Waals surface area (Å²) in [4.78, 5) is 11.5. The number of ether oxygens (including phenoxy) is 2. The van der Waals surface area contributed by atoms with E-state index in [1.54, 1.807) is 30.8 Å². The Hall–Kier alpha value is -2.57. The Bertz CT molecular complexity index is 656. The molecule has 0 radical (unpaired) electrons. The maximum atomic E-state index is 11.5. The van der Waals surface area contributed by atoms with Gasteiger partial charge in [0.05, 0.1) is 7.11 Å². The first kappa shape index (κ1) is 16.8. The third-order valence-corrected chi connectivity index (χ3v) is 3.36. The van der Waals surface area contributed by atoms with E-state index in [0.717, 1.165) is 16.9 Å². The van der Waals surface area contributed by atoms with Crippen LogP contribution in [0.15, 0.2) is 42.5 Å². The van der Waals surface area contributed by atoms with E-state index >= 15 is 0 Å². The smallest absolute Gasteiger partial charge is 0.274 e. The second-order valence-electron chi connectivity index (χ2n) is 4.93. The van der Waals surface area contributed by atoms with Crippen LogP contribution in [0.2, 0.25) is 0 Å². The number of carbonyl (C=O) groups excluding carboxylic acids is 1. The summed E-state index contributed by atoms with van der Waals surface area (Å²) in [7, 11) is 1.62. The number of nitrogens with one attached hydrogen (secondary N) is 1. The molecule has 0 aromatic heterocycles. The number of benzene rings is 2. The van der Waals surface area contributed by atoms with Crippen molar-refractivity contribution < 1.29 is 19.5 Å². The number of nitrogens with two attached hydrogens (primary N) is 1. The first-order valence-electron chi connectivity index (χ1n) is 7.21. The van der Waals surface area contributed by atoms with Gasteiger partial charge in [-0.2, -0.15) is 0 Å². The van der Waals surface area contributed by atoms with Gasteiger partial charge in [0.1, 0.15) is 18.1 Å². The van der Waals surface area contributed by atoms with Crippen molar-refractivity contribution in [1.82, 2.24) is 5.48 Å². The van der Waals surface area contributed by atoms with Gasteiger partial charge >= 0.3 is 0 Å². The average molecular weight is 316 g/mol. The molecule has 0 saturated heterocycles. The summed E-state index contributed by atoms with van der Waals surface area (Å²) >= 11 is 0. The van der Waals surface area contributed by atoms with Crippen molar-refractivity contribution in [2.75, 3.05) is 20.3 Å². The Kier molecular flexibility index (Phi) is 5.96. The van der Waals surface area contributed by atoms with Crippen molar-refractivity contribution in [2.24, 2.45) is 5.73 Å². The van der Waals surface area contributed by atoms with Gasteiger partial charge in [-0.1, -0.05) is 18.2 Å². The molecule has 6 heteroatoms. The highest BCUT2D eigenvalue weighted by atomic mass is 16.5. The molecule has 0 saturated carbocycles. The van der Waals surface area contributed by atoms with Gasteiger partial charge in [-0.15, -0.1) is 0 Å². The van der Waals surface area contributed by atoms with E-state index in [4.69, 9.17) is 20.4 Å². The minimum Gasteiger partial charge on any atom is -0.497 e. The molecule has 2 aromatic carbocycles. The summed E-state index contributed by atoms with van der Waals surface area (Å²) in [5.74, 6) is 0.786. The Morgan fingerprint density at radius 1 is 1.22 bits per heavy atom. The number of carbonyl (C=O) groups is 1. The standard InChI is InChI=1S/C17H20N2O4/c1-22-15-6-2-12(3-7-15)10-13-4-5-14(17(20)19-21)11-16(13)23-9-8-18/h2-7,11,21H,8-10,18H2,1H3,(H,19,20). The van der Waals surface area contributed by atoms with Crippen LogP contribution in [0.3, 0.4) is 0 Å². The average Bonchev–Trinajstić information content (AvgIpc) is 2.60. The van der Waals surface area contributed by atoms with Gasteiger partial charge in [0, 0.05) is 18.5 Å². The molecule has 0 atom stereocenters. The fourth-order valence-corrected chi connectivity index (χ4v) is 2.17. The van der Waals surface area contributed by atoms with Crippen molar-refractivity contribution in [3.05, 3.63) is 59.2 Å². The Morgan fingerprint density at radius 2 is 1.96 bits per heavy atom. The van der Waals surface area contributed by atoms with Crippen LogP contribution in [0.4, 0.5) is 0 Å². The minimum absolute atomic E-state index is 0.318. The first-order chi connectivity index (χ1) is 11.2. The summed E-state index contributed by atoms with van der Waals surface area (Å²) in [6.45, 7) is 0.720. The summed E-state index contributed by atoms with van der Waals surface area (Å²) in [6, 6.07) is 12.8. The normalized spacial score (nSPS) is 10.2. The number of hydrogen-bond acceptors (Lipinski definition) is 5. The summed E-state index contributed by atoms with van der Waals surface area (Å²) in [5, 5.41) is 8.74. The fraction of sp³-hybridized carbons (Fsp3) is 0.235. The van der Waals surface area contributed by atoms with E-state index in [2.05, 4.69) is 0 Å².